The van der Waals surface area contributed by atoms with Crippen LogP contribution in [0.2, 0.25) is 0 Å². The average Bonchev–Trinajstić information content (AvgIpc) is 3.24. The SMILES string of the molecule is Cn1c(=O)oc2c(C(=O)NCC3CCCN3Cc3ccccc3)cccc21. The molecule has 3 aromatic rings. The van der Waals surface area contributed by atoms with Gasteiger partial charge in [-0.25, -0.2) is 4.79 Å². The molecule has 4 rings (SSSR count). The molecule has 0 spiro atoms. The summed E-state index contributed by atoms with van der Waals surface area (Å²) >= 11 is 0. The summed E-state index contributed by atoms with van der Waals surface area (Å²) in [5.74, 6) is -0.670. The van der Waals surface area contributed by atoms with Gasteiger partial charge >= 0.3 is 5.76 Å². The van der Waals surface area contributed by atoms with Crippen LogP contribution in [0.1, 0.15) is 28.8 Å². The Morgan fingerprint density at radius 3 is 2.81 bits per heavy atom. The van der Waals surface area contributed by atoms with Gasteiger partial charge in [0.15, 0.2) is 5.58 Å². The Hall–Kier alpha value is -2.86. The summed E-state index contributed by atoms with van der Waals surface area (Å²) in [5.41, 5.74) is 2.65. The summed E-state index contributed by atoms with van der Waals surface area (Å²) in [6.07, 6.45) is 2.20. The van der Waals surface area contributed by atoms with Crippen molar-refractivity contribution in [2.75, 3.05) is 13.1 Å². The van der Waals surface area contributed by atoms with Crippen molar-refractivity contribution in [1.29, 1.82) is 0 Å². The van der Waals surface area contributed by atoms with Gasteiger partial charge in [0, 0.05) is 26.2 Å². The van der Waals surface area contributed by atoms with Crippen molar-refractivity contribution in [2.45, 2.75) is 25.4 Å². The molecule has 0 bridgehead atoms. The molecule has 1 atom stereocenters. The maximum atomic E-state index is 12.7. The van der Waals surface area contributed by atoms with Crippen molar-refractivity contribution >= 4 is 17.0 Å². The molecule has 6 heteroatoms. The molecule has 2 heterocycles. The molecule has 1 saturated heterocycles. The van der Waals surface area contributed by atoms with E-state index in [2.05, 4.69) is 34.5 Å². The molecule has 0 aliphatic carbocycles. The number of hydrogen-bond acceptors (Lipinski definition) is 4. The lowest BCUT2D eigenvalue weighted by Gasteiger charge is -2.24. The first-order valence-electron chi connectivity index (χ1n) is 9.28. The minimum Gasteiger partial charge on any atom is -0.407 e. The minimum atomic E-state index is -0.463. The van der Waals surface area contributed by atoms with E-state index >= 15 is 0 Å². The van der Waals surface area contributed by atoms with Crippen LogP contribution < -0.4 is 11.1 Å². The number of aryl methyl sites for hydroxylation is 1. The van der Waals surface area contributed by atoms with Crippen molar-refractivity contribution in [3.63, 3.8) is 0 Å². The van der Waals surface area contributed by atoms with Crippen LogP contribution in [0.15, 0.2) is 57.7 Å². The molecule has 2 aromatic carbocycles. The molecule has 1 N–H and O–H groups in total. The number of nitrogens with one attached hydrogen (secondary N) is 1. The lowest BCUT2D eigenvalue weighted by atomic mass is 10.1. The first-order chi connectivity index (χ1) is 13.1. The Kier molecular flexibility index (Phi) is 4.81. The third kappa shape index (κ3) is 3.53. The lowest BCUT2D eigenvalue weighted by Crippen LogP contribution is -2.39. The molecule has 140 valence electrons. The lowest BCUT2D eigenvalue weighted by molar-refractivity contribution is 0.0940. The predicted molar refractivity (Wildman–Crippen MR) is 104 cm³/mol. The summed E-state index contributed by atoms with van der Waals surface area (Å²) in [4.78, 5) is 26.9. The fourth-order valence-electron chi connectivity index (χ4n) is 3.79. The fourth-order valence-corrected chi connectivity index (χ4v) is 3.79. The number of fused-ring (bicyclic) bond motifs is 1. The Morgan fingerprint density at radius 2 is 2.00 bits per heavy atom. The monoisotopic (exact) mass is 365 g/mol. The van der Waals surface area contributed by atoms with Gasteiger partial charge in [-0.2, -0.15) is 0 Å². The zero-order valence-corrected chi connectivity index (χ0v) is 15.4. The van der Waals surface area contributed by atoms with Crippen molar-refractivity contribution in [2.24, 2.45) is 7.05 Å². The van der Waals surface area contributed by atoms with Gasteiger partial charge in [0.05, 0.1) is 11.1 Å². The zero-order valence-electron chi connectivity index (χ0n) is 15.4. The second-order valence-corrected chi connectivity index (χ2v) is 7.04. The highest BCUT2D eigenvalue weighted by Gasteiger charge is 2.25. The van der Waals surface area contributed by atoms with Gasteiger partial charge in [-0.15, -0.1) is 0 Å². The third-order valence-corrected chi connectivity index (χ3v) is 5.29. The first kappa shape index (κ1) is 17.5. The number of benzene rings is 2. The van der Waals surface area contributed by atoms with Crippen LogP contribution in [0.3, 0.4) is 0 Å². The Morgan fingerprint density at radius 1 is 1.19 bits per heavy atom. The number of hydrogen-bond donors (Lipinski definition) is 1. The van der Waals surface area contributed by atoms with E-state index in [9.17, 15) is 9.59 Å². The van der Waals surface area contributed by atoms with Gasteiger partial charge in [0.1, 0.15) is 0 Å². The molecular formula is C21H23N3O3. The number of nitrogens with zero attached hydrogens (tertiary/aromatic N) is 2. The van der Waals surface area contributed by atoms with Crippen molar-refractivity contribution in [3.8, 4) is 0 Å². The Bertz CT molecular complexity index is 1010. The Balaban J connectivity index is 1.45. The molecule has 1 unspecified atom stereocenters. The number of aromatic nitrogens is 1. The molecule has 1 aromatic heterocycles. The molecule has 1 aliphatic rings. The highest BCUT2D eigenvalue weighted by atomic mass is 16.4. The summed E-state index contributed by atoms with van der Waals surface area (Å²) in [7, 11) is 1.63. The van der Waals surface area contributed by atoms with Crippen LogP contribution in [-0.2, 0) is 13.6 Å². The molecule has 27 heavy (non-hydrogen) atoms. The van der Waals surface area contributed by atoms with Crippen molar-refractivity contribution in [3.05, 3.63) is 70.2 Å². The van der Waals surface area contributed by atoms with E-state index in [4.69, 9.17) is 4.42 Å². The van der Waals surface area contributed by atoms with Crippen LogP contribution in [0.25, 0.3) is 11.1 Å². The van der Waals surface area contributed by atoms with E-state index < -0.39 is 5.76 Å². The number of carbonyl (C=O) groups excluding carboxylic acids is 1. The quantitative estimate of drug-likeness (QED) is 0.754. The first-order valence-corrected chi connectivity index (χ1v) is 9.28. The second-order valence-electron chi connectivity index (χ2n) is 7.04. The van der Waals surface area contributed by atoms with Crippen LogP contribution >= 0.6 is 0 Å². The second kappa shape index (κ2) is 7.40. The summed E-state index contributed by atoms with van der Waals surface area (Å²) in [5, 5.41) is 3.03. The van der Waals surface area contributed by atoms with Gasteiger partial charge in [-0.1, -0.05) is 36.4 Å². The fraction of sp³-hybridized carbons (Fsp3) is 0.333. The number of oxazole rings is 1. The van der Waals surface area contributed by atoms with Crippen LogP contribution in [0.4, 0.5) is 0 Å². The molecule has 0 saturated carbocycles. The van der Waals surface area contributed by atoms with Gasteiger partial charge in [0.2, 0.25) is 0 Å². The van der Waals surface area contributed by atoms with Crippen LogP contribution in [-0.4, -0.2) is 34.5 Å². The van der Waals surface area contributed by atoms with E-state index in [1.807, 2.05) is 6.07 Å². The topological polar surface area (TPSA) is 67.5 Å². The van der Waals surface area contributed by atoms with E-state index in [0.29, 0.717) is 29.2 Å². The number of para-hydroxylation sites is 1. The third-order valence-electron chi connectivity index (χ3n) is 5.29. The minimum absolute atomic E-state index is 0.207. The van der Waals surface area contributed by atoms with E-state index in [1.165, 1.54) is 10.1 Å². The standard InChI is InChI=1S/C21H23N3O3/c1-23-18-11-5-10-17(19(18)27-21(23)26)20(25)22-13-16-9-6-12-24(16)14-15-7-3-2-4-8-15/h2-5,7-8,10-11,16H,6,9,12-14H2,1H3,(H,22,25). The molecule has 6 nitrogen and oxygen atoms in total. The van der Waals surface area contributed by atoms with Gasteiger partial charge < -0.3 is 9.73 Å². The zero-order chi connectivity index (χ0) is 18.8. The number of amides is 1. The summed E-state index contributed by atoms with van der Waals surface area (Å²) in [6.45, 7) is 2.52. The van der Waals surface area contributed by atoms with Gasteiger partial charge in [-0.3, -0.25) is 14.3 Å². The maximum Gasteiger partial charge on any atom is 0.419 e. The highest BCUT2D eigenvalue weighted by Crippen LogP contribution is 2.20. The van der Waals surface area contributed by atoms with Crippen LogP contribution in [0.5, 0.6) is 0 Å². The van der Waals surface area contributed by atoms with Crippen LogP contribution in [0, 0.1) is 0 Å². The molecule has 1 aliphatic heterocycles. The van der Waals surface area contributed by atoms with Crippen molar-refractivity contribution < 1.29 is 9.21 Å². The molecule has 1 amide bonds. The van der Waals surface area contributed by atoms with Gasteiger partial charge in [0.25, 0.3) is 5.91 Å². The summed E-state index contributed by atoms with van der Waals surface area (Å²) < 4.78 is 6.67. The highest BCUT2D eigenvalue weighted by molar-refractivity contribution is 6.04. The average molecular weight is 365 g/mol. The molecular weight excluding hydrogens is 342 g/mol. The number of rotatable bonds is 5. The summed E-state index contributed by atoms with van der Waals surface area (Å²) in [6, 6.07) is 15.9. The normalized spacial score (nSPS) is 17.4. The maximum absolute atomic E-state index is 12.7. The van der Waals surface area contributed by atoms with Gasteiger partial charge in [-0.05, 0) is 37.1 Å². The smallest absolute Gasteiger partial charge is 0.407 e. The Labute approximate surface area is 157 Å². The molecule has 1 fully saturated rings. The predicted octanol–water partition coefficient (Wildman–Crippen LogP) is 2.53. The number of carbonyl (C=O) groups is 1. The molecule has 0 radical (unpaired) electrons. The largest absolute Gasteiger partial charge is 0.419 e. The van der Waals surface area contributed by atoms with E-state index in [0.717, 1.165) is 25.9 Å². The van der Waals surface area contributed by atoms with E-state index in [-0.39, 0.29) is 5.91 Å². The van der Waals surface area contributed by atoms with E-state index in [1.54, 1.807) is 25.2 Å². The number of likely N-dealkylation sites (tertiary alicyclic amines) is 1. The van der Waals surface area contributed by atoms with Crippen molar-refractivity contribution in [1.82, 2.24) is 14.8 Å².